The molecule has 1 heterocycles. The molecule has 0 unspecified atom stereocenters. The van der Waals surface area contributed by atoms with Crippen LogP contribution in [0.4, 0.5) is 5.82 Å². The van der Waals surface area contributed by atoms with E-state index in [1.807, 2.05) is 0 Å². The summed E-state index contributed by atoms with van der Waals surface area (Å²) in [6.45, 7) is 2.15. The summed E-state index contributed by atoms with van der Waals surface area (Å²) in [6, 6.07) is 8.45. The van der Waals surface area contributed by atoms with Crippen LogP contribution in [0.2, 0.25) is 0 Å². The largest absolute Gasteiger partial charge is 0.382 e. The number of thioether (sulfide) groups is 1. The number of aromatic nitrogens is 2. The van der Waals surface area contributed by atoms with Crippen LogP contribution in [0.15, 0.2) is 29.2 Å². The van der Waals surface area contributed by atoms with Crippen molar-refractivity contribution in [3.05, 3.63) is 29.8 Å². The predicted molar refractivity (Wildman–Crippen MR) is 74.2 cm³/mol. The summed E-state index contributed by atoms with van der Waals surface area (Å²) in [5, 5.41) is 7.13. The van der Waals surface area contributed by atoms with E-state index in [0.717, 1.165) is 29.7 Å². The van der Waals surface area contributed by atoms with Crippen LogP contribution in [0.3, 0.4) is 0 Å². The van der Waals surface area contributed by atoms with Crippen molar-refractivity contribution in [2.24, 2.45) is 0 Å². The molecule has 0 aliphatic heterocycles. The minimum absolute atomic E-state index is 0.621. The summed E-state index contributed by atoms with van der Waals surface area (Å²) in [4.78, 5) is 1.26. The minimum Gasteiger partial charge on any atom is -0.382 e. The van der Waals surface area contributed by atoms with Crippen molar-refractivity contribution >= 4 is 17.6 Å². The zero-order valence-electron chi connectivity index (χ0n) is 10.2. The predicted octanol–water partition coefficient (Wildman–Crippen LogP) is 3.33. The highest BCUT2D eigenvalue weighted by Gasteiger charge is 2.11. The van der Waals surface area contributed by atoms with E-state index in [0.29, 0.717) is 5.82 Å². The minimum atomic E-state index is 0.621. The van der Waals surface area contributed by atoms with Gasteiger partial charge in [0.2, 0.25) is 0 Å². The van der Waals surface area contributed by atoms with Crippen LogP contribution in [0.5, 0.6) is 0 Å². The Morgan fingerprint density at radius 3 is 2.59 bits per heavy atom. The molecule has 0 saturated heterocycles. The van der Waals surface area contributed by atoms with Gasteiger partial charge >= 0.3 is 0 Å². The molecule has 0 spiro atoms. The third-order valence-electron chi connectivity index (χ3n) is 2.78. The van der Waals surface area contributed by atoms with Gasteiger partial charge in [0.25, 0.3) is 0 Å². The molecule has 4 heteroatoms. The zero-order chi connectivity index (χ0) is 12.3. The molecular formula is C13H17N3S. The maximum absolute atomic E-state index is 5.87. The maximum Gasteiger partial charge on any atom is 0.149 e. The number of H-pyrrole nitrogens is 1. The number of nitrogens with two attached hydrogens (primary N) is 1. The van der Waals surface area contributed by atoms with Gasteiger partial charge in [-0.25, -0.2) is 0 Å². The number of nitrogen functional groups attached to an aromatic ring is 1. The number of benzene rings is 1. The van der Waals surface area contributed by atoms with E-state index in [9.17, 15) is 0 Å². The van der Waals surface area contributed by atoms with Crippen molar-refractivity contribution in [1.29, 1.82) is 0 Å². The maximum atomic E-state index is 5.87. The van der Waals surface area contributed by atoms with Crippen LogP contribution >= 0.6 is 11.8 Å². The Morgan fingerprint density at radius 1 is 1.29 bits per heavy atom. The van der Waals surface area contributed by atoms with Gasteiger partial charge in [-0.2, -0.15) is 5.10 Å². The van der Waals surface area contributed by atoms with Gasteiger partial charge in [0.15, 0.2) is 0 Å². The average molecular weight is 247 g/mol. The van der Waals surface area contributed by atoms with E-state index in [-0.39, 0.29) is 0 Å². The van der Waals surface area contributed by atoms with Gasteiger partial charge in [-0.15, -0.1) is 11.8 Å². The summed E-state index contributed by atoms with van der Waals surface area (Å²) in [7, 11) is 0. The van der Waals surface area contributed by atoms with Crippen LogP contribution in [0, 0.1) is 0 Å². The highest BCUT2D eigenvalue weighted by atomic mass is 32.2. The molecule has 17 heavy (non-hydrogen) atoms. The van der Waals surface area contributed by atoms with Gasteiger partial charge in [-0.1, -0.05) is 25.5 Å². The van der Waals surface area contributed by atoms with Crippen LogP contribution in [-0.4, -0.2) is 16.5 Å². The van der Waals surface area contributed by atoms with E-state index in [1.165, 1.54) is 4.90 Å². The smallest absolute Gasteiger partial charge is 0.149 e. The molecule has 3 N–H and O–H groups in total. The highest BCUT2D eigenvalue weighted by Crippen LogP contribution is 2.27. The van der Waals surface area contributed by atoms with Gasteiger partial charge < -0.3 is 5.73 Å². The number of rotatable bonds is 4. The standard InChI is InChI=1S/C13H17N3S/c1-3-4-11-12(15-16-13(11)14)9-5-7-10(17-2)8-6-9/h5-8H,3-4H2,1-2H3,(H3,14,15,16). The van der Waals surface area contributed by atoms with Crippen LogP contribution in [-0.2, 0) is 6.42 Å². The molecule has 2 rings (SSSR count). The molecule has 0 fully saturated rings. The molecule has 0 aliphatic carbocycles. The Balaban J connectivity index is 2.38. The van der Waals surface area contributed by atoms with Crippen molar-refractivity contribution in [2.45, 2.75) is 24.7 Å². The van der Waals surface area contributed by atoms with E-state index in [4.69, 9.17) is 5.73 Å². The molecule has 1 aromatic heterocycles. The Kier molecular flexibility index (Phi) is 3.74. The number of nitrogens with one attached hydrogen (secondary N) is 1. The highest BCUT2D eigenvalue weighted by molar-refractivity contribution is 7.98. The second kappa shape index (κ2) is 5.27. The lowest BCUT2D eigenvalue weighted by Crippen LogP contribution is -1.92. The summed E-state index contributed by atoms with van der Waals surface area (Å²) in [5.74, 6) is 0.621. The molecule has 0 radical (unpaired) electrons. The molecule has 0 amide bonds. The molecule has 0 atom stereocenters. The number of hydrogen-bond donors (Lipinski definition) is 2. The molecule has 2 aromatic rings. The van der Waals surface area contributed by atoms with Crippen molar-refractivity contribution in [1.82, 2.24) is 10.2 Å². The number of nitrogens with zero attached hydrogens (tertiary/aromatic N) is 1. The fourth-order valence-corrected chi connectivity index (χ4v) is 2.29. The van der Waals surface area contributed by atoms with Crippen LogP contribution < -0.4 is 5.73 Å². The number of aromatic amines is 1. The van der Waals surface area contributed by atoms with Crippen molar-refractivity contribution in [3.63, 3.8) is 0 Å². The summed E-state index contributed by atoms with van der Waals surface area (Å²) in [6.07, 6.45) is 4.10. The topological polar surface area (TPSA) is 54.7 Å². The molecular weight excluding hydrogens is 230 g/mol. The van der Waals surface area contributed by atoms with Crippen molar-refractivity contribution < 1.29 is 0 Å². The van der Waals surface area contributed by atoms with Gasteiger partial charge in [0.1, 0.15) is 5.82 Å². The Hall–Kier alpha value is -1.42. The molecule has 0 aliphatic rings. The van der Waals surface area contributed by atoms with E-state index in [1.54, 1.807) is 11.8 Å². The first kappa shape index (κ1) is 12.0. The average Bonchev–Trinajstić information content (AvgIpc) is 2.72. The van der Waals surface area contributed by atoms with E-state index >= 15 is 0 Å². The molecule has 90 valence electrons. The summed E-state index contributed by atoms with van der Waals surface area (Å²) >= 11 is 1.74. The normalized spacial score (nSPS) is 10.7. The van der Waals surface area contributed by atoms with Gasteiger partial charge in [0.05, 0.1) is 5.69 Å². The first-order chi connectivity index (χ1) is 8.26. The zero-order valence-corrected chi connectivity index (χ0v) is 11.0. The summed E-state index contributed by atoms with van der Waals surface area (Å²) < 4.78 is 0. The van der Waals surface area contributed by atoms with Gasteiger partial charge in [-0.3, -0.25) is 5.10 Å². The first-order valence-electron chi connectivity index (χ1n) is 5.73. The second-order valence-corrected chi connectivity index (χ2v) is 4.82. The van der Waals surface area contributed by atoms with Crippen LogP contribution in [0.1, 0.15) is 18.9 Å². The van der Waals surface area contributed by atoms with Crippen molar-refractivity contribution in [3.8, 4) is 11.3 Å². The Bertz CT molecular complexity index is 488. The fourth-order valence-electron chi connectivity index (χ4n) is 1.88. The quantitative estimate of drug-likeness (QED) is 0.815. The number of hydrogen-bond acceptors (Lipinski definition) is 3. The summed E-state index contributed by atoms with van der Waals surface area (Å²) in [5.41, 5.74) is 9.20. The third kappa shape index (κ3) is 2.47. The number of anilines is 1. The molecule has 1 aromatic carbocycles. The monoisotopic (exact) mass is 247 g/mol. The SMILES string of the molecule is CCCc1c(N)n[nH]c1-c1ccc(SC)cc1. The Morgan fingerprint density at radius 2 is 2.00 bits per heavy atom. The molecule has 3 nitrogen and oxygen atoms in total. The lowest BCUT2D eigenvalue weighted by molar-refractivity contribution is 0.927. The first-order valence-corrected chi connectivity index (χ1v) is 6.96. The fraction of sp³-hybridized carbons (Fsp3) is 0.308. The molecule has 0 bridgehead atoms. The Labute approximate surface area is 106 Å². The third-order valence-corrected chi connectivity index (χ3v) is 3.52. The van der Waals surface area contributed by atoms with Crippen LogP contribution in [0.25, 0.3) is 11.3 Å². The lowest BCUT2D eigenvalue weighted by atomic mass is 10.0. The lowest BCUT2D eigenvalue weighted by Gasteiger charge is -2.04. The van der Waals surface area contributed by atoms with E-state index in [2.05, 4.69) is 47.6 Å². The van der Waals surface area contributed by atoms with Gasteiger partial charge in [-0.05, 0) is 30.4 Å². The second-order valence-electron chi connectivity index (χ2n) is 3.94. The van der Waals surface area contributed by atoms with Gasteiger partial charge in [0, 0.05) is 10.5 Å². The molecule has 0 saturated carbocycles. The van der Waals surface area contributed by atoms with Crippen molar-refractivity contribution in [2.75, 3.05) is 12.0 Å². The van der Waals surface area contributed by atoms with E-state index < -0.39 is 0 Å².